The molecule has 0 spiro atoms. The zero-order chi connectivity index (χ0) is 43.9. The topological polar surface area (TPSA) is 112 Å². The molecule has 0 N–H and O–H groups in total. The summed E-state index contributed by atoms with van der Waals surface area (Å²) in [7, 11) is -0.926. The lowest BCUT2D eigenvalue weighted by Crippen LogP contribution is -2.43. The molecule has 1 aliphatic heterocycles. The standard InChI is InChI=1S/C43H39ClF6N6O4S/c1-42(2,55-12-13-60-41(55)58)11-10-26-6-7-28(29-8-9-32(44)35-33(21-61(4,5)59)52-54(3)38(29)35)36(51-26)23(14-22-15-24(45)18-25(46)16-22)17-27(57)20-56-39-34(37(53-56)40(47)48)30-19-31(30)43(39,49)50/h6-9,15-16,18,23,30-31,40H,4,12-14,17,19-21H2,1-3,5H3/t23-,30+,31-,61?/m1/s1. The van der Waals surface area contributed by atoms with Gasteiger partial charge in [0.15, 0.2) is 5.78 Å². The number of alkyl halides is 4. The van der Waals surface area contributed by atoms with Crippen molar-refractivity contribution in [1.82, 2.24) is 29.4 Å². The van der Waals surface area contributed by atoms with E-state index in [1.54, 1.807) is 49.8 Å². The summed E-state index contributed by atoms with van der Waals surface area (Å²) in [5.74, 6) is 0.965. The van der Waals surface area contributed by atoms with Crippen LogP contribution in [-0.4, -0.2) is 76.3 Å². The average Bonchev–Trinajstić information content (AvgIpc) is 3.37. The van der Waals surface area contributed by atoms with Gasteiger partial charge in [0.25, 0.3) is 12.3 Å². The lowest BCUT2D eigenvalue weighted by Gasteiger charge is -2.27. The second kappa shape index (κ2) is 15.2. The van der Waals surface area contributed by atoms with Gasteiger partial charge in [-0.2, -0.15) is 19.0 Å². The van der Waals surface area contributed by atoms with Crippen LogP contribution in [0, 0.1) is 29.4 Å². The summed E-state index contributed by atoms with van der Waals surface area (Å²) < 4.78 is 109. The lowest BCUT2D eigenvalue weighted by atomic mass is 9.86. The second-order valence-electron chi connectivity index (χ2n) is 16.5. The molecule has 5 aromatic rings. The Labute approximate surface area is 352 Å². The number of aryl methyl sites for hydroxylation is 1. The first-order valence-corrected chi connectivity index (χ1v) is 22.0. The van der Waals surface area contributed by atoms with Crippen LogP contribution in [-0.2, 0) is 50.7 Å². The number of pyridine rings is 1. The first-order chi connectivity index (χ1) is 28.6. The maximum Gasteiger partial charge on any atom is 0.411 e. The van der Waals surface area contributed by atoms with Crippen LogP contribution < -0.4 is 0 Å². The Balaban J connectivity index is 1.28. The molecule has 3 aliphatic rings. The van der Waals surface area contributed by atoms with Crippen molar-refractivity contribution in [2.24, 2.45) is 13.0 Å². The summed E-state index contributed by atoms with van der Waals surface area (Å²) in [6, 6.07) is 9.50. The van der Waals surface area contributed by atoms with E-state index in [1.807, 2.05) is 0 Å². The summed E-state index contributed by atoms with van der Waals surface area (Å²) in [6.07, 6.45) is -2.82. The number of amides is 1. The molecule has 1 saturated carbocycles. The van der Waals surface area contributed by atoms with Crippen LogP contribution in [0.15, 0.2) is 42.5 Å². The fourth-order valence-corrected chi connectivity index (χ4v) is 9.74. The lowest BCUT2D eigenvalue weighted by molar-refractivity contribution is -0.120. The molecule has 8 rings (SSSR count). The van der Waals surface area contributed by atoms with E-state index in [0.29, 0.717) is 50.0 Å². The van der Waals surface area contributed by atoms with Crippen molar-refractivity contribution in [3.8, 4) is 23.0 Å². The van der Waals surface area contributed by atoms with Crippen LogP contribution in [0.1, 0.15) is 84.5 Å². The molecule has 61 heavy (non-hydrogen) atoms. The van der Waals surface area contributed by atoms with E-state index in [9.17, 15) is 31.4 Å². The van der Waals surface area contributed by atoms with E-state index >= 15 is 8.78 Å². The number of ether oxygens (including phenoxy) is 1. The SMILES string of the molecule is C=S(C)(=O)Cc1nn(C)c2c(-c3ccc(C#CC(C)(C)N4CCOC4=O)nc3[C@@H](CC(=O)Cn3nc(C(F)F)c4c3C(F)(F)[C@@H]3C[C@H]43)Cc3cc(F)cc(F)c3)ccc(Cl)c12. The van der Waals surface area contributed by atoms with Gasteiger partial charge in [-0.15, -0.1) is 0 Å². The number of carbonyl (C=O) groups is 2. The van der Waals surface area contributed by atoms with E-state index in [1.165, 1.54) is 11.2 Å². The Morgan fingerprint density at radius 3 is 2.46 bits per heavy atom. The Morgan fingerprint density at radius 2 is 1.80 bits per heavy atom. The van der Waals surface area contributed by atoms with Gasteiger partial charge in [0.05, 0.1) is 34.2 Å². The van der Waals surface area contributed by atoms with Crippen molar-refractivity contribution >= 4 is 49.8 Å². The molecular formula is C43H39ClF6N6O4S. The van der Waals surface area contributed by atoms with Crippen molar-refractivity contribution in [1.29, 1.82) is 0 Å². The molecule has 2 aliphatic carbocycles. The van der Waals surface area contributed by atoms with Crippen LogP contribution in [0.2, 0.25) is 5.02 Å². The molecule has 3 aromatic heterocycles. The predicted molar refractivity (Wildman–Crippen MR) is 217 cm³/mol. The molecule has 1 amide bonds. The van der Waals surface area contributed by atoms with Crippen LogP contribution in [0.4, 0.5) is 31.1 Å². The Kier molecular flexibility index (Phi) is 10.6. The number of fused-ring (bicyclic) bond motifs is 4. The minimum atomic E-state index is -3.47. The minimum absolute atomic E-state index is 0.000694. The smallest absolute Gasteiger partial charge is 0.411 e. The number of benzene rings is 2. The first kappa shape index (κ1) is 42.4. The third-order valence-electron chi connectivity index (χ3n) is 11.4. The van der Waals surface area contributed by atoms with Gasteiger partial charge >= 0.3 is 6.09 Å². The Morgan fingerprint density at radius 1 is 1.10 bits per heavy atom. The van der Waals surface area contributed by atoms with Gasteiger partial charge in [0, 0.05) is 59.7 Å². The van der Waals surface area contributed by atoms with Gasteiger partial charge < -0.3 is 4.74 Å². The van der Waals surface area contributed by atoms with Gasteiger partial charge in [-0.3, -0.25) is 23.3 Å². The Hall–Kier alpha value is -5.34. The second-order valence-corrected chi connectivity index (χ2v) is 19.6. The predicted octanol–water partition coefficient (Wildman–Crippen LogP) is 8.32. The molecule has 18 heteroatoms. The number of hydrogen-bond donors (Lipinski definition) is 0. The largest absolute Gasteiger partial charge is 0.447 e. The molecular weight excluding hydrogens is 846 g/mol. The van der Waals surface area contributed by atoms with E-state index in [4.69, 9.17) is 21.3 Å². The fourth-order valence-electron chi connectivity index (χ4n) is 8.70. The summed E-state index contributed by atoms with van der Waals surface area (Å²) in [5, 5.41) is 9.23. The van der Waals surface area contributed by atoms with Crippen molar-refractivity contribution in [2.75, 3.05) is 19.4 Å². The zero-order valence-corrected chi connectivity index (χ0v) is 35.0. The average molecular weight is 885 g/mol. The van der Waals surface area contributed by atoms with Gasteiger partial charge in [-0.1, -0.05) is 23.6 Å². The molecule has 0 bridgehead atoms. The fraction of sp³-hybridized carbons (Fsp3) is 0.395. The number of cyclic esters (lactones) is 1. The van der Waals surface area contributed by atoms with Crippen LogP contribution in [0.3, 0.4) is 0 Å². The van der Waals surface area contributed by atoms with E-state index in [-0.39, 0.29) is 47.7 Å². The van der Waals surface area contributed by atoms with Crippen LogP contribution in [0.25, 0.3) is 22.0 Å². The van der Waals surface area contributed by atoms with Gasteiger partial charge in [-0.25, -0.2) is 27.3 Å². The van der Waals surface area contributed by atoms with Crippen molar-refractivity contribution in [3.63, 3.8) is 0 Å². The number of halogens is 7. The highest BCUT2D eigenvalue weighted by molar-refractivity contribution is 7.98. The molecule has 1 unspecified atom stereocenters. The number of rotatable bonds is 12. The van der Waals surface area contributed by atoms with E-state index < -0.39 is 93.0 Å². The highest BCUT2D eigenvalue weighted by atomic mass is 35.5. The summed E-state index contributed by atoms with van der Waals surface area (Å²) in [4.78, 5) is 33.0. The third kappa shape index (κ3) is 8.00. The summed E-state index contributed by atoms with van der Waals surface area (Å²) >= 11 is 6.75. The quantitative estimate of drug-likeness (QED) is 0.0704. The van der Waals surface area contributed by atoms with E-state index in [2.05, 4.69) is 27.9 Å². The number of nitrogens with zero attached hydrogens (tertiary/aromatic N) is 6. The van der Waals surface area contributed by atoms with Crippen LogP contribution in [0.5, 0.6) is 0 Å². The molecule has 320 valence electrons. The highest BCUT2D eigenvalue weighted by Gasteiger charge is 2.67. The number of aromatic nitrogens is 5. The van der Waals surface area contributed by atoms with Crippen molar-refractivity contribution in [3.05, 3.63) is 98.7 Å². The maximum absolute atomic E-state index is 15.5. The van der Waals surface area contributed by atoms with Gasteiger partial charge in [0.1, 0.15) is 47.4 Å². The summed E-state index contributed by atoms with van der Waals surface area (Å²) in [5.41, 5.74) is -0.347. The first-order valence-electron chi connectivity index (χ1n) is 19.3. The van der Waals surface area contributed by atoms with Crippen molar-refractivity contribution in [2.45, 2.75) is 75.1 Å². The molecule has 2 fully saturated rings. The van der Waals surface area contributed by atoms with Gasteiger partial charge in [0.2, 0.25) is 0 Å². The number of ketones is 1. The number of carbonyl (C=O) groups excluding carboxylic acids is 2. The third-order valence-corrected chi connectivity index (χ3v) is 12.6. The maximum atomic E-state index is 15.5. The molecule has 2 aromatic carbocycles. The number of Topliss-reactive ketones (excluding diaryl/α,β-unsaturated/α-hetero) is 1. The molecule has 0 radical (unpaired) electrons. The minimum Gasteiger partial charge on any atom is -0.447 e. The monoisotopic (exact) mass is 884 g/mol. The summed E-state index contributed by atoms with van der Waals surface area (Å²) in [6.45, 7) is 3.16. The van der Waals surface area contributed by atoms with Gasteiger partial charge in [-0.05, 0) is 89.8 Å². The van der Waals surface area contributed by atoms with E-state index in [0.717, 1.165) is 12.1 Å². The number of hydrogen-bond acceptors (Lipinski definition) is 7. The molecule has 10 nitrogen and oxygen atoms in total. The van der Waals surface area contributed by atoms with Crippen molar-refractivity contribution < 1.29 is 44.9 Å². The zero-order valence-electron chi connectivity index (χ0n) is 33.4. The molecule has 4 heterocycles. The highest BCUT2D eigenvalue weighted by Crippen LogP contribution is 2.68. The van der Waals surface area contributed by atoms with Crippen LogP contribution >= 0.6 is 11.6 Å². The Bertz CT molecular complexity index is 2810. The normalized spacial score (nSPS) is 19.3. The molecule has 4 atom stereocenters. The molecule has 1 saturated heterocycles.